The summed E-state index contributed by atoms with van der Waals surface area (Å²) in [5.41, 5.74) is 6.14. The van der Waals surface area contributed by atoms with Gasteiger partial charge in [0.1, 0.15) is 0 Å². The van der Waals surface area contributed by atoms with Crippen LogP contribution in [0.25, 0.3) is 0 Å². The van der Waals surface area contributed by atoms with E-state index in [1.54, 1.807) is 0 Å². The smallest absolute Gasteiger partial charge is 0.0648 e. The normalized spacial score (nSPS) is 11.2. The van der Waals surface area contributed by atoms with Gasteiger partial charge in [-0.2, -0.15) is 5.10 Å². The number of nitrogens with zero attached hydrogens (tertiary/aromatic N) is 1. The summed E-state index contributed by atoms with van der Waals surface area (Å²) in [6.07, 6.45) is 0. The van der Waals surface area contributed by atoms with Crippen molar-refractivity contribution in [1.29, 1.82) is 0 Å². The van der Waals surface area contributed by atoms with Crippen LogP contribution in [0.2, 0.25) is 0 Å². The van der Waals surface area contributed by atoms with Crippen molar-refractivity contribution in [3.8, 4) is 0 Å². The second-order valence-corrected chi connectivity index (χ2v) is 3.54. The van der Waals surface area contributed by atoms with Gasteiger partial charge < -0.3 is 0 Å². The molecule has 0 fully saturated rings. The lowest BCUT2D eigenvalue weighted by atomic mass is 10.1. The molecular formula is C14H14N2. The van der Waals surface area contributed by atoms with Crippen molar-refractivity contribution in [1.82, 2.24) is 0 Å². The molecule has 0 aromatic heterocycles. The number of hydrogen-bond acceptors (Lipinski definition) is 2. The van der Waals surface area contributed by atoms with Crippen molar-refractivity contribution in [2.45, 2.75) is 6.92 Å². The van der Waals surface area contributed by atoms with E-state index in [4.69, 9.17) is 0 Å². The molecule has 2 aromatic rings. The number of rotatable bonds is 3. The van der Waals surface area contributed by atoms with Crippen molar-refractivity contribution in [2.24, 2.45) is 5.10 Å². The Morgan fingerprint density at radius 2 is 1.44 bits per heavy atom. The summed E-state index contributed by atoms with van der Waals surface area (Å²) in [6, 6.07) is 20.0. The predicted octanol–water partition coefficient (Wildman–Crippen LogP) is 3.52. The molecule has 0 aliphatic heterocycles. The SMILES string of the molecule is C/C(=N/Nc1ccccc1)c1ccccc1. The van der Waals surface area contributed by atoms with E-state index in [9.17, 15) is 0 Å². The van der Waals surface area contributed by atoms with Crippen molar-refractivity contribution in [3.05, 3.63) is 66.2 Å². The number of nitrogens with one attached hydrogen (secondary N) is 1. The average Bonchev–Trinajstić information content (AvgIpc) is 2.38. The number of anilines is 1. The molecule has 0 amide bonds. The minimum atomic E-state index is 0.976. The van der Waals surface area contributed by atoms with Crippen LogP contribution in [-0.4, -0.2) is 5.71 Å². The Hall–Kier alpha value is -2.09. The molecule has 2 aromatic carbocycles. The first kappa shape index (κ1) is 10.4. The van der Waals surface area contributed by atoms with E-state index < -0.39 is 0 Å². The van der Waals surface area contributed by atoms with E-state index in [-0.39, 0.29) is 0 Å². The average molecular weight is 210 g/mol. The Morgan fingerprint density at radius 3 is 2.06 bits per heavy atom. The van der Waals surface area contributed by atoms with Crippen LogP contribution in [0.5, 0.6) is 0 Å². The third-order valence-electron chi connectivity index (χ3n) is 2.32. The van der Waals surface area contributed by atoms with Crippen LogP contribution in [0, 0.1) is 0 Å². The maximum atomic E-state index is 4.33. The highest BCUT2D eigenvalue weighted by molar-refractivity contribution is 5.98. The minimum absolute atomic E-state index is 0.976. The second-order valence-electron chi connectivity index (χ2n) is 3.54. The molecule has 2 nitrogen and oxygen atoms in total. The van der Waals surface area contributed by atoms with Crippen molar-refractivity contribution in [2.75, 3.05) is 5.43 Å². The molecule has 0 spiro atoms. The Kier molecular flexibility index (Phi) is 3.34. The Morgan fingerprint density at radius 1 is 0.875 bits per heavy atom. The monoisotopic (exact) mass is 210 g/mol. The molecule has 0 saturated carbocycles. The van der Waals surface area contributed by atoms with Gasteiger partial charge in [-0.05, 0) is 24.6 Å². The van der Waals surface area contributed by atoms with Crippen molar-refractivity contribution < 1.29 is 0 Å². The Balaban J connectivity index is 2.09. The first-order valence-electron chi connectivity index (χ1n) is 5.27. The van der Waals surface area contributed by atoms with Gasteiger partial charge in [-0.25, -0.2) is 0 Å². The van der Waals surface area contributed by atoms with Crippen LogP contribution in [0.3, 0.4) is 0 Å². The van der Waals surface area contributed by atoms with Crippen LogP contribution >= 0.6 is 0 Å². The van der Waals surface area contributed by atoms with Crippen molar-refractivity contribution >= 4 is 11.4 Å². The van der Waals surface area contributed by atoms with Crippen LogP contribution in [0.1, 0.15) is 12.5 Å². The molecule has 0 saturated heterocycles. The summed E-state index contributed by atoms with van der Waals surface area (Å²) in [5, 5.41) is 4.33. The Bertz CT molecular complexity index is 461. The maximum absolute atomic E-state index is 4.33. The fourth-order valence-corrected chi connectivity index (χ4v) is 1.40. The summed E-state index contributed by atoms with van der Waals surface area (Å²) in [7, 11) is 0. The van der Waals surface area contributed by atoms with Crippen LogP contribution in [0.15, 0.2) is 65.8 Å². The standard InChI is InChI=1S/C14H14N2/c1-12(13-8-4-2-5-9-13)15-16-14-10-6-3-7-11-14/h2-11,16H,1H3/b15-12-. The zero-order chi connectivity index (χ0) is 11.2. The highest BCUT2D eigenvalue weighted by Gasteiger charge is 1.94. The van der Waals surface area contributed by atoms with Gasteiger partial charge in [0.25, 0.3) is 0 Å². The number of hydrazone groups is 1. The van der Waals surface area contributed by atoms with Gasteiger partial charge in [0.15, 0.2) is 0 Å². The molecule has 0 atom stereocenters. The molecule has 16 heavy (non-hydrogen) atoms. The van der Waals surface area contributed by atoms with Gasteiger partial charge >= 0.3 is 0 Å². The lowest BCUT2D eigenvalue weighted by Gasteiger charge is -2.02. The molecular weight excluding hydrogens is 196 g/mol. The van der Waals surface area contributed by atoms with Gasteiger partial charge in [-0.3, -0.25) is 5.43 Å². The second kappa shape index (κ2) is 5.12. The molecule has 0 radical (unpaired) electrons. The van der Waals surface area contributed by atoms with Gasteiger partial charge in [0.2, 0.25) is 0 Å². The summed E-state index contributed by atoms with van der Waals surface area (Å²) in [6.45, 7) is 1.99. The van der Waals surface area contributed by atoms with E-state index >= 15 is 0 Å². The molecule has 0 bridgehead atoms. The lowest BCUT2D eigenvalue weighted by molar-refractivity contribution is 1.32. The van der Waals surface area contributed by atoms with Gasteiger partial charge in [-0.1, -0.05) is 48.5 Å². The summed E-state index contributed by atoms with van der Waals surface area (Å²) in [4.78, 5) is 0. The Labute approximate surface area is 95.6 Å². The summed E-state index contributed by atoms with van der Waals surface area (Å²) >= 11 is 0. The minimum Gasteiger partial charge on any atom is -0.278 e. The van der Waals surface area contributed by atoms with Crippen LogP contribution < -0.4 is 5.43 Å². The highest BCUT2D eigenvalue weighted by Crippen LogP contribution is 2.06. The molecule has 0 unspecified atom stereocenters. The lowest BCUT2D eigenvalue weighted by Crippen LogP contribution is -1.98. The molecule has 0 aliphatic carbocycles. The topological polar surface area (TPSA) is 24.4 Å². The predicted molar refractivity (Wildman–Crippen MR) is 68.7 cm³/mol. The summed E-state index contributed by atoms with van der Waals surface area (Å²) < 4.78 is 0. The van der Waals surface area contributed by atoms with Gasteiger partial charge in [0, 0.05) is 0 Å². The third-order valence-corrected chi connectivity index (χ3v) is 2.32. The van der Waals surface area contributed by atoms with Gasteiger partial charge in [0.05, 0.1) is 11.4 Å². The molecule has 1 N–H and O–H groups in total. The first-order chi connectivity index (χ1) is 7.86. The number of benzene rings is 2. The quantitative estimate of drug-likeness (QED) is 0.608. The van der Waals surface area contributed by atoms with E-state index in [0.29, 0.717) is 0 Å². The van der Waals surface area contributed by atoms with Gasteiger partial charge in [-0.15, -0.1) is 0 Å². The molecule has 80 valence electrons. The number of para-hydroxylation sites is 1. The fraction of sp³-hybridized carbons (Fsp3) is 0.0714. The molecule has 2 heteroatoms. The van der Waals surface area contributed by atoms with Crippen LogP contribution in [-0.2, 0) is 0 Å². The first-order valence-corrected chi connectivity index (χ1v) is 5.27. The zero-order valence-corrected chi connectivity index (χ0v) is 9.22. The summed E-state index contributed by atoms with van der Waals surface area (Å²) in [5.74, 6) is 0. The van der Waals surface area contributed by atoms with E-state index in [2.05, 4.69) is 10.5 Å². The maximum Gasteiger partial charge on any atom is 0.0648 e. The highest BCUT2D eigenvalue weighted by atomic mass is 15.3. The fourth-order valence-electron chi connectivity index (χ4n) is 1.40. The van der Waals surface area contributed by atoms with Crippen molar-refractivity contribution in [3.63, 3.8) is 0 Å². The third kappa shape index (κ3) is 2.70. The van der Waals surface area contributed by atoms with E-state index in [0.717, 1.165) is 17.0 Å². The van der Waals surface area contributed by atoms with E-state index in [1.807, 2.05) is 67.6 Å². The zero-order valence-electron chi connectivity index (χ0n) is 9.22. The molecule has 0 aliphatic rings. The van der Waals surface area contributed by atoms with E-state index in [1.165, 1.54) is 0 Å². The molecule has 0 heterocycles. The number of hydrogen-bond donors (Lipinski definition) is 1. The van der Waals surface area contributed by atoms with Crippen LogP contribution in [0.4, 0.5) is 5.69 Å². The largest absolute Gasteiger partial charge is 0.278 e. The molecule has 2 rings (SSSR count).